The van der Waals surface area contributed by atoms with E-state index in [9.17, 15) is 4.79 Å². The van der Waals surface area contributed by atoms with Crippen LogP contribution in [0, 0.1) is 5.41 Å². The topological polar surface area (TPSA) is 77.2 Å². The summed E-state index contributed by atoms with van der Waals surface area (Å²) in [4.78, 5) is 15.9. The molecule has 1 saturated heterocycles. The molecule has 0 saturated carbocycles. The quantitative estimate of drug-likeness (QED) is 0.844. The van der Waals surface area contributed by atoms with E-state index in [4.69, 9.17) is 10.5 Å². The molecule has 1 aliphatic heterocycles. The average molecular weight is 249 g/mol. The molecule has 0 radical (unpaired) electrons. The van der Waals surface area contributed by atoms with E-state index >= 15 is 0 Å². The molecule has 1 amide bonds. The second-order valence-electron chi connectivity index (χ2n) is 5.07. The van der Waals surface area contributed by atoms with Gasteiger partial charge in [-0.15, -0.1) is 0 Å². The van der Waals surface area contributed by atoms with Crippen molar-refractivity contribution in [1.29, 1.82) is 0 Å². The highest BCUT2D eigenvalue weighted by Gasteiger charge is 2.28. The third kappa shape index (κ3) is 2.98. The van der Waals surface area contributed by atoms with Gasteiger partial charge in [0.05, 0.1) is 17.4 Å². The predicted octanol–water partition coefficient (Wildman–Crippen LogP) is 1.21. The lowest BCUT2D eigenvalue weighted by Gasteiger charge is -2.33. The van der Waals surface area contributed by atoms with Gasteiger partial charge < -0.3 is 15.8 Å². The lowest BCUT2D eigenvalue weighted by atomic mass is 9.82. The lowest BCUT2D eigenvalue weighted by Crippen LogP contribution is -2.39. The van der Waals surface area contributed by atoms with Crippen molar-refractivity contribution in [2.24, 2.45) is 5.41 Å². The maximum atomic E-state index is 12.0. The highest BCUT2D eigenvalue weighted by atomic mass is 16.5. The summed E-state index contributed by atoms with van der Waals surface area (Å²) in [6.07, 6.45) is 5.00. The molecule has 2 rings (SSSR count). The number of nitrogens with two attached hydrogens (primary N) is 1. The van der Waals surface area contributed by atoms with Crippen LogP contribution in [-0.4, -0.2) is 30.6 Å². The van der Waals surface area contributed by atoms with Crippen LogP contribution in [0.25, 0.3) is 0 Å². The van der Waals surface area contributed by atoms with Crippen LogP contribution >= 0.6 is 0 Å². The average Bonchev–Trinajstić information content (AvgIpc) is 2.38. The lowest BCUT2D eigenvalue weighted by molar-refractivity contribution is 0.0238. The van der Waals surface area contributed by atoms with Crippen LogP contribution in [0.3, 0.4) is 0 Å². The minimum Gasteiger partial charge on any atom is -0.397 e. The van der Waals surface area contributed by atoms with Gasteiger partial charge >= 0.3 is 0 Å². The zero-order valence-electron chi connectivity index (χ0n) is 10.6. The number of nitrogen functional groups attached to an aromatic ring is 1. The summed E-state index contributed by atoms with van der Waals surface area (Å²) in [6.45, 7) is 4.36. The Morgan fingerprint density at radius 2 is 2.28 bits per heavy atom. The summed E-state index contributed by atoms with van der Waals surface area (Å²) >= 11 is 0. The number of nitrogens with zero attached hydrogens (tertiary/aromatic N) is 1. The van der Waals surface area contributed by atoms with Crippen molar-refractivity contribution in [1.82, 2.24) is 10.3 Å². The van der Waals surface area contributed by atoms with Crippen molar-refractivity contribution in [2.75, 3.05) is 25.5 Å². The molecule has 0 aliphatic carbocycles. The van der Waals surface area contributed by atoms with Gasteiger partial charge in [0.25, 0.3) is 5.91 Å². The standard InChI is InChI=1S/C13H19N3O2/c1-13(3-6-18-7-4-13)9-16-12(17)10-2-5-15-8-11(10)14/h2,5,8H,3-4,6-7,9,14H2,1H3,(H,16,17). The first-order valence-electron chi connectivity index (χ1n) is 6.16. The van der Waals surface area contributed by atoms with Gasteiger partial charge in [0.15, 0.2) is 0 Å². The van der Waals surface area contributed by atoms with Crippen LogP contribution in [0.15, 0.2) is 18.5 Å². The Morgan fingerprint density at radius 1 is 1.56 bits per heavy atom. The molecule has 1 aliphatic rings. The van der Waals surface area contributed by atoms with Crippen LogP contribution in [0.4, 0.5) is 5.69 Å². The summed E-state index contributed by atoms with van der Waals surface area (Å²) in [5.41, 5.74) is 6.74. The monoisotopic (exact) mass is 249 g/mol. The Kier molecular flexibility index (Phi) is 3.81. The van der Waals surface area contributed by atoms with Crippen molar-refractivity contribution < 1.29 is 9.53 Å². The van der Waals surface area contributed by atoms with E-state index in [-0.39, 0.29) is 11.3 Å². The summed E-state index contributed by atoms with van der Waals surface area (Å²) in [5.74, 6) is -0.136. The fourth-order valence-corrected chi connectivity index (χ4v) is 2.04. The largest absolute Gasteiger partial charge is 0.397 e. The summed E-state index contributed by atoms with van der Waals surface area (Å²) < 4.78 is 5.33. The molecule has 2 heterocycles. The molecule has 0 unspecified atom stereocenters. The minimum absolute atomic E-state index is 0.121. The van der Waals surface area contributed by atoms with Gasteiger partial charge in [-0.1, -0.05) is 6.92 Å². The van der Waals surface area contributed by atoms with Crippen LogP contribution in [-0.2, 0) is 4.74 Å². The highest BCUT2D eigenvalue weighted by molar-refractivity contribution is 5.98. The third-order valence-corrected chi connectivity index (χ3v) is 3.47. The maximum Gasteiger partial charge on any atom is 0.253 e. The molecule has 0 spiro atoms. The van der Waals surface area contributed by atoms with Gasteiger partial charge in [-0.2, -0.15) is 0 Å². The van der Waals surface area contributed by atoms with E-state index in [1.54, 1.807) is 12.3 Å². The molecular formula is C13H19N3O2. The molecule has 1 aromatic heterocycles. The van der Waals surface area contributed by atoms with E-state index in [1.165, 1.54) is 6.20 Å². The Hall–Kier alpha value is -1.62. The molecule has 3 N–H and O–H groups in total. The first-order valence-corrected chi connectivity index (χ1v) is 6.16. The van der Waals surface area contributed by atoms with E-state index in [0.29, 0.717) is 17.8 Å². The van der Waals surface area contributed by atoms with E-state index < -0.39 is 0 Å². The van der Waals surface area contributed by atoms with E-state index in [2.05, 4.69) is 17.2 Å². The number of ether oxygens (including phenoxy) is 1. The third-order valence-electron chi connectivity index (χ3n) is 3.47. The number of nitrogens with one attached hydrogen (secondary N) is 1. The molecule has 0 atom stereocenters. The second-order valence-corrected chi connectivity index (χ2v) is 5.07. The molecule has 0 bridgehead atoms. The fourth-order valence-electron chi connectivity index (χ4n) is 2.04. The van der Waals surface area contributed by atoms with Crippen molar-refractivity contribution in [2.45, 2.75) is 19.8 Å². The Morgan fingerprint density at radius 3 is 2.94 bits per heavy atom. The number of pyridine rings is 1. The maximum absolute atomic E-state index is 12.0. The normalized spacial score (nSPS) is 18.3. The molecule has 5 nitrogen and oxygen atoms in total. The number of amides is 1. The number of aromatic nitrogens is 1. The van der Waals surface area contributed by atoms with Crippen LogP contribution < -0.4 is 11.1 Å². The Labute approximate surface area is 107 Å². The van der Waals surface area contributed by atoms with Crippen LogP contribution in [0.2, 0.25) is 0 Å². The zero-order chi connectivity index (χ0) is 13.0. The van der Waals surface area contributed by atoms with E-state index in [1.807, 2.05) is 0 Å². The Balaban J connectivity index is 1.94. The summed E-state index contributed by atoms with van der Waals surface area (Å²) in [5, 5.41) is 2.95. The van der Waals surface area contributed by atoms with Gasteiger partial charge in [-0.3, -0.25) is 9.78 Å². The molecule has 0 aromatic carbocycles. The number of hydrogen-bond donors (Lipinski definition) is 2. The smallest absolute Gasteiger partial charge is 0.253 e. The predicted molar refractivity (Wildman–Crippen MR) is 69.1 cm³/mol. The summed E-state index contributed by atoms with van der Waals surface area (Å²) in [6, 6.07) is 1.64. The number of rotatable bonds is 3. The number of carbonyl (C=O) groups is 1. The first-order chi connectivity index (χ1) is 8.61. The molecule has 1 fully saturated rings. The van der Waals surface area contributed by atoms with Gasteiger partial charge in [-0.25, -0.2) is 0 Å². The number of anilines is 1. The van der Waals surface area contributed by atoms with Gasteiger partial charge in [0, 0.05) is 26.0 Å². The van der Waals surface area contributed by atoms with Crippen molar-refractivity contribution in [3.8, 4) is 0 Å². The van der Waals surface area contributed by atoms with Crippen LogP contribution in [0.1, 0.15) is 30.1 Å². The molecular weight excluding hydrogens is 230 g/mol. The van der Waals surface area contributed by atoms with Crippen molar-refractivity contribution in [3.63, 3.8) is 0 Å². The molecule has 98 valence electrons. The number of hydrogen-bond acceptors (Lipinski definition) is 4. The molecule has 5 heteroatoms. The highest BCUT2D eigenvalue weighted by Crippen LogP contribution is 2.28. The fraction of sp³-hybridized carbons (Fsp3) is 0.538. The second kappa shape index (κ2) is 5.35. The van der Waals surface area contributed by atoms with E-state index in [0.717, 1.165) is 26.1 Å². The minimum atomic E-state index is -0.136. The summed E-state index contributed by atoms with van der Waals surface area (Å²) in [7, 11) is 0. The first kappa shape index (κ1) is 12.8. The van der Waals surface area contributed by atoms with Gasteiger partial charge in [0.1, 0.15) is 0 Å². The number of carbonyl (C=O) groups excluding carboxylic acids is 1. The van der Waals surface area contributed by atoms with Crippen molar-refractivity contribution >= 4 is 11.6 Å². The molecule has 1 aromatic rings. The Bertz CT molecular complexity index is 428. The van der Waals surface area contributed by atoms with Crippen molar-refractivity contribution in [3.05, 3.63) is 24.0 Å². The zero-order valence-corrected chi connectivity index (χ0v) is 10.6. The van der Waals surface area contributed by atoms with Gasteiger partial charge in [0.2, 0.25) is 0 Å². The molecule has 18 heavy (non-hydrogen) atoms. The van der Waals surface area contributed by atoms with Gasteiger partial charge in [-0.05, 0) is 24.3 Å². The SMILES string of the molecule is CC1(CNC(=O)c2ccncc2N)CCOCC1. The van der Waals surface area contributed by atoms with Crippen LogP contribution in [0.5, 0.6) is 0 Å².